The van der Waals surface area contributed by atoms with Crippen LogP contribution in [-0.2, 0) is 19.1 Å². The number of methoxy groups -OCH3 is 1. The summed E-state index contributed by atoms with van der Waals surface area (Å²) >= 11 is 0. The topological polar surface area (TPSA) is 96.3 Å². The minimum atomic E-state index is -1.47. The first-order valence-electron chi connectivity index (χ1n) is 3.77. The maximum absolute atomic E-state index is 11.1. The SMILES string of the molecule is COC(=O)C(C#N)C(=O)CNC(C)=O. The Hall–Kier alpha value is -1.90. The molecule has 1 atom stereocenters. The quantitative estimate of drug-likeness (QED) is 0.462. The van der Waals surface area contributed by atoms with Crippen molar-refractivity contribution < 1.29 is 19.1 Å². The molecule has 14 heavy (non-hydrogen) atoms. The largest absolute Gasteiger partial charge is 0.468 e. The second kappa shape index (κ2) is 5.70. The van der Waals surface area contributed by atoms with Gasteiger partial charge in [-0.05, 0) is 0 Å². The lowest BCUT2D eigenvalue weighted by Gasteiger charge is -2.05. The molecule has 1 unspecified atom stereocenters. The summed E-state index contributed by atoms with van der Waals surface area (Å²) in [7, 11) is 1.08. The Morgan fingerprint density at radius 3 is 2.43 bits per heavy atom. The minimum absolute atomic E-state index is 0.345. The average Bonchev–Trinajstić information content (AvgIpc) is 2.15. The summed E-state index contributed by atoms with van der Waals surface area (Å²) < 4.78 is 4.24. The van der Waals surface area contributed by atoms with Gasteiger partial charge >= 0.3 is 5.97 Å². The number of carbonyl (C=O) groups excluding carboxylic acids is 3. The van der Waals surface area contributed by atoms with Crippen molar-refractivity contribution in [3.05, 3.63) is 0 Å². The molecule has 0 bridgehead atoms. The van der Waals surface area contributed by atoms with Crippen LogP contribution in [0.15, 0.2) is 0 Å². The molecule has 0 aromatic heterocycles. The molecule has 6 nitrogen and oxygen atoms in total. The monoisotopic (exact) mass is 198 g/mol. The highest BCUT2D eigenvalue weighted by atomic mass is 16.5. The van der Waals surface area contributed by atoms with Gasteiger partial charge in [-0.2, -0.15) is 5.26 Å². The zero-order chi connectivity index (χ0) is 11.1. The van der Waals surface area contributed by atoms with Gasteiger partial charge in [-0.25, -0.2) is 0 Å². The van der Waals surface area contributed by atoms with E-state index in [9.17, 15) is 14.4 Å². The lowest BCUT2D eigenvalue weighted by Crippen LogP contribution is -2.34. The highest BCUT2D eigenvalue weighted by molar-refractivity contribution is 6.03. The Kier molecular flexibility index (Phi) is 4.92. The molecule has 0 aliphatic carbocycles. The summed E-state index contributed by atoms with van der Waals surface area (Å²) in [5.41, 5.74) is 0. The number of hydrogen-bond acceptors (Lipinski definition) is 5. The number of nitrogens with zero attached hydrogens (tertiary/aromatic N) is 1. The summed E-state index contributed by atoms with van der Waals surface area (Å²) in [6.45, 7) is 0.884. The first-order chi connectivity index (χ1) is 6.52. The number of rotatable bonds is 4. The first-order valence-corrected chi connectivity index (χ1v) is 3.77. The highest BCUT2D eigenvalue weighted by Gasteiger charge is 2.26. The van der Waals surface area contributed by atoms with Crippen molar-refractivity contribution in [1.82, 2.24) is 5.32 Å². The fourth-order valence-corrected chi connectivity index (χ4v) is 0.688. The van der Waals surface area contributed by atoms with Gasteiger partial charge in [0.2, 0.25) is 11.8 Å². The molecule has 0 fully saturated rings. The molecule has 0 heterocycles. The minimum Gasteiger partial charge on any atom is -0.468 e. The fraction of sp³-hybridized carbons (Fsp3) is 0.500. The van der Waals surface area contributed by atoms with Crippen LogP contribution in [0.3, 0.4) is 0 Å². The summed E-state index contributed by atoms with van der Waals surface area (Å²) in [6, 6.07) is 1.50. The lowest BCUT2D eigenvalue weighted by atomic mass is 10.1. The van der Waals surface area contributed by atoms with Crippen molar-refractivity contribution in [2.75, 3.05) is 13.7 Å². The van der Waals surface area contributed by atoms with Crippen LogP contribution >= 0.6 is 0 Å². The predicted molar refractivity (Wildman–Crippen MR) is 44.8 cm³/mol. The van der Waals surface area contributed by atoms with Gasteiger partial charge < -0.3 is 10.1 Å². The Labute approximate surface area is 80.8 Å². The van der Waals surface area contributed by atoms with Crippen molar-refractivity contribution in [2.45, 2.75) is 6.92 Å². The van der Waals surface area contributed by atoms with E-state index < -0.39 is 23.6 Å². The van der Waals surface area contributed by atoms with Crippen LogP contribution in [0, 0.1) is 17.2 Å². The number of Topliss-reactive ketones (excluding diaryl/α,β-unsaturated/α-hetero) is 1. The van der Waals surface area contributed by atoms with Crippen LogP contribution < -0.4 is 5.32 Å². The molecule has 0 aromatic rings. The highest BCUT2D eigenvalue weighted by Crippen LogP contribution is 1.98. The summed E-state index contributed by atoms with van der Waals surface area (Å²) in [4.78, 5) is 32.4. The van der Waals surface area contributed by atoms with Gasteiger partial charge in [0.25, 0.3) is 0 Å². The van der Waals surface area contributed by atoms with Crippen molar-refractivity contribution in [3.8, 4) is 6.07 Å². The van der Waals surface area contributed by atoms with E-state index in [1.54, 1.807) is 0 Å². The third-order valence-corrected chi connectivity index (χ3v) is 1.40. The molecule has 0 radical (unpaired) electrons. The van der Waals surface area contributed by atoms with E-state index in [0.717, 1.165) is 7.11 Å². The molecule has 0 saturated heterocycles. The average molecular weight is 198 g/mol. The van der Waals surface area contributed by atoms with Crippen LogP contribution in [0.2, 0.25) is 0 Å². The van der Waals surface area contributed by atoms with Gasteiger partial charge in [0.05, 0.1) is 19.7 Å². The molecule has 0 aliphatic heterocycles. The van der Waals surface area contributed by atoms with E-state index in [-0.39, 0.29) is 6.54 Å². The molecule has 0 aromatic carbocycles. The van der Waals surface area contributed by atoms with Crippen LogP contribution in [0.1, 0.15) is 6.92 Å². The van der Waals surface area contributed by atoms with Crippen LogP contribution in [0.5, 0.6) is 0 Å². The second-order valence-electron chi connectivity index (χ2n) is 2.46. The molecular weight excluding hydrogens is 188 g/mol. The molecule has 0 rings (SSSR count). The number of esters is 1. The normalized spacial score (nSPS) is 10.9. The summed E-state index contributed by atoms with van der Waals surface area (Å²) in [5, 5.41) is 10.7. The van der Waals surface area contributed by atoms with Crippen LogP contribution in [0.4, 0.5) is 0 Å². The number of hydrogen-bond donors (Lipinski definition) is 1. The van der Waals surface area contributed by atoms with Crippen LogP contribution in [-0.4, -0.2) is 31.3 Å². The molecule has 76 valence electrons. The molecular formula is C8H10N2O4. The van der Waals surface area contributed by atoms with Gasteiger partial charge in [0, 0.05) is 6.92 Å². The van der Waals surface area contributed by atoms with Gasteiger partial charge in [0.1, 0.15) is 0 Å². The van der Waals surface area contributed by atoms with Gasteiger partial charge in [-0.3, -0.25) is 14.4 Å². The standard InChI is InChI=1S/C8H10N2O4/c1-5(11)10-4-7(12)6(3-9)8(13)14-2/h6H,4H2,1-2H3,(H,10,11). The van der Waals surface area contributed by atoms with E-state index in [4.69, 9.17) is 5.26 Å². The van der Waals surface area contributed by atoms with Crippen molar-refractivity contribution >= 4 is 17.7 Å². The molecule has 1 N–H and O–H groups in total. The number of nitrogens with one attached hydrogen (secondary N) is 1. The number of ether oxygens (including phenoxy) is 1. The van der Waals surface area contributed by atoms with Gasteiger partial charge in [-0.1, -0.05) is 0 Å². The molecule has 6 heteroatoms. The van der Waals surface area contributed by atoms with E-state index >= 15 is 0 Å². The van der Waals surface area contributed by atoms with Crippen LogP contribution in [0.25, 0.3) is 0 Å². The lowest BCUT2D eigenvalue weighted by molar-refractivity contribution is -0.147. The zero-order valence-electron chi connectivity index (χ0n) is 7.86. The van der Waals surface area contributed by atoms with E-state index in [1.807, 2.05) is 0 Å². The zero-order valence-corrected chi connectivity index (χ0v) is 7.86. The Bertz CT molecular complexity index is 292. The third kappa shape index (κ3) is 3.67. The fourth-order valence-electron chi connectivity index (χ4n) is 0.688. The summed E-state index contributed by atoms with van der Waals surface area (Å²) in [6.07, 6.45) is 0. The van der Waals surface area contributed by atoms with Gasteiger partial charge in [-0.15, -0.1) is 0 Å². The number of nitriles is 1. The molecule has 0 aliphatic rings. The van der Waals surface area contributed by atoms with Crippen molar-refractivity contribution in [2.24, 2.45) is 5.92 Å². The molecule has 0 spiro atoms. The maximum atomic E-state index is 11.1. The smallest absolute Gasteiger partial charge is 0.330 e. The van der Waals surface area contributed by atoms with E-state index in [2.05, 4.69) is 10.1 Å². The molecule has 0 saturated carbocycles. The van der Waals surface area contributed by atoms with Crippen molar-refractivity contribution in [1.29, 1.82) is 5.26 Å². The number of carbonyl (C=O) groups is 3. The summed E-state index contributed by atoms with van der Waals surface area (Å²) in [5.74, 6) is -3.47. The Morgan fingerprint density at radius 2 is 2.07 bits per heavy atom. The Morgan fingerprint density at radius 1 is 1.50 bits per heavy atom. The Balaban J connectivity index is 4.27. The third-order valence-electron chi connectivity index (χ3n) is 1.40. The molecule has 1 amide bonds. The van der Waals surface area contributed by atoms with Gasteiger partial charge in [0.15, 0.2) is 5.78 Å². The van der Waals surface area contributed by atoms with E-state index in [0.29, 0.717) is 0 Å². The number of ketones is 1. The first kappa shape index (κ1) is 12.1. The van der Waals surface area contributed by atoms with Crippen molar-refractivity contribution in [3.63, 3.8) is 0 Å². The predicted octanol–water partition coefficient (Wildman–Crippen LogP) is -0.996. The maximum Gasteiger partial charge on any atom is 0.330 e. The second-order valence-corrected chi connectivity index (χ2v) is 2.46. The van der Waals surface area contributed by atoms with E-state index in [1.165, 1.54) is 13.0 Å². The number of amides is 1.